The molecule has 16 heavy (non-hydrogen) atoms. The third-order valence-corrected chi connectivity index (χ3v) is 2.28. The smallest absolute Gasteiger partial charge is 0.405 e. The quantitative estimate of drug-likeness (QED) is 0.831. The van der Waals surface area contributed by atoms with E-state index in [-0.39, 0.29) is 17.2 Å². The summed E-state index contributed by atoms with van der Waals surface area (Å²) in [6, 6.07) is 2.67. The number of hydrogen-bond acceptors (Lipinski definition) is 2. The molecular formula is C9H6ClF3N2O. The molecule has 86 valence electrons. The van der Waals surface area contributed by atoms with E-state index in [1.165, 1.54) is 18.5 Å². The molecule has 1 aromatic heterocycles. The number of rotatable bonds is 2. The Kier molecular flexibility index (Phi) is 2.67. The first-order chi connectivity index (χ1) is 7.51. The Morgan fingerprint density at radius 2 is 2.12 bits per heavy atom. The second-order valence-electron chi connectivity index (χ2n) is 3.02. The average molecular weight is 251 g/mol. The number of H-pyrrole nitrogens is 1. The molecular weight excluding hydrogens is 245 g/mol. The number of halogens is 4. The molecule has 3 nitrogen and oxygen atoms in total. The van der Waals surface area contributed by atoms with Crippen molar-refractivity contribution in [2.75, 3.05) is 0 Å². The van der Waals surface area contributed by atoms with Crippen LogP contribution >= 0.6 is 11.6 Å². The van der Waals surface area contributed by atoms with Crippen LogP contribution in [0.5, 0.6) is 5.75 Å². The van der Waals surface area contributed by atoms with E-state index >= 15 is 0 Å². The maximum absolute atomic E-state index is 12.1. The second-order valence-corrected chi connectivity index (χ2v) is 3.29. The second kappa shape index (κ2) is 3.86. The summed E-state index contributed by atoms with van der Waals surface area (Å²) in [5.41, 5.74) is 1.22. The Morgan fingerprint density at radius 3 is 2.75 bits per heavy atom. The Bertz CT molecular complexity index is 509. The summed E-state index contributed by atoms with van der Waals surface area (Å²) in [5, 5.41) is 0. The van der Waals surface area contributed by atoms with E-state index in [9.17, 15) is 13.2 Å². The third-order valence-electron chi connectivity index (χ3n) is 2.01. The van der Waals surface area contributed by atoms with Gasteiger partial charge in [0.15, 0.2) is 0 Å². The summed E-state index contributed by atoms with van der Waals surface area (Å²) in [6.45, 7) is 0. The van der Waals surface area contributed by atoms with Crippen LogP contribution in [0.1, 0.15) is 5.56 Å². The molecule has 0 aliphatic heterocycles. The lowest BCUT2D eigenvalue weighted by atomic mass is 10.2. The van der Waals surface area contributed by atoms with Gasteiger partial charge in [0.2, 0.25) is 0 Å². The van der Waals surface area contributed by atoms with Gasteiger partial charge in [0.1, 0.15) is 5.75 Å². The molecule has 0 aliphatic carbocycles. The van der Waals surface area contributed by atoms with Gasteiger partial charge in [-0.15, -0.1) is 24.8 Å². The zero-order valence-corrected chi connectivity index (χ0v) is 8.56. The first kappa shape index (κ1) is 11.1. The fourth-order valence-corrected chi connectivity index (χ4v) is 1.66. The van der Waals surface area contributed by atoms with Gasteiger partial charge in [-0.1, -0.05) is 0 Å². The molecule has 0 radical (unpaired) electrons. The molecule has 1 heterocycles. The Morgan fingerprint density at radius 1 is 1.38 bits per heavy atom. The van der Waals surface area contributed by atoms with E-state index in [1.807, 2.05) is 0 Å². The number of imidazole rings is 1. The Balaban J connectivity index is 2.52. The number of benzene rings is 1. The number of alkyl halides is 4. The molecule has 1 aromatic carbocycles. The van der Waals surface area contributed by atoms with Crippen molar-refractivity contribution in [3.05, 3.63) is 24.0 Å². The molecule has 0 aliphatic rings. The summed E-state index contributed by atoms with van der Waals surface area (Å²) in [4.78, 5) is 6.67. The molecule has 0 bridgehead atoms. The molecule has 0 fully saturated rings. The first-order valence-corrected chi connectivity index (χ1v) is 4.81. The van der Waals surface area contributed by atoms with E-state index < -0.39 is 6.36 Å². The fourth-order valence-electron chi connectivity index (χ4n) is 1.40. The normalized spacial score (nSPS) is 12.0. The van der Waals surface area contributed by atoms with E-state index in [0.717, 1.165) is 0 Å². The highest BCUT2D eigenvalue weighted by molar-refractivity contribution is 6.18. The molecule has 2 aromatic rings. The number of hydrogen-bond donors (Lipinski definition) is 1. The maximum Gasteiger partial charge on any atom is 0.573 e. The Hall–Kier alpha value is -1.43. The molecule has 0 unspecified atom stereocenters. The first-order valence-electron chi connectivity index (χ1n) is 4.28. The molecule has 0 amide bonds. The average Bonchev–Trinajstić information content (AvgIpc) is 2.62. The van der Waals surface area contributed by atoms with Crippen molar-refractivity contribution >= 4 is 22.6 Å². The van der Waals surface area contributed by atoms with Crippen LogP contribution in [0.15, 0.2) is 18.5 Å². The van der Waals surface area contributed by atoms with Gasteiger partial charge >= 0.3 is 6.36 Å². The van der Waals surface area contributed by atoms with Crippen LogP contribution in [0.4, 0.5) is 13.2 Å². The maximum atomic E-state index is 12.1. The number of fused-ring (bicyclic) bond motifs is 1. The van der Waals surface area contributed by atoms with Crippen molar-refractivity contribution in [3.63, 3.8) is 0 Å². The van der Waals surface area contributed by atoms with Crippen molar-refractivity contribution in [3.8, 4) is 5.75 Å². The zero-order valence-electron chi connectivity index (χ0n) is 7.81. The van der Waals surface area contributed by atoms with E-state index in [1.54, 1.807) is 0 Å². The lowest BCUT2D eigenvalue weighted by Gasteiger charge is -2.12. The SMILES string of the molecule is FC(F)(F)Oc1ccc2[nH]cnc2c1CCl. The highest BCUT2D eigenvalue weighted by Gasteiger charge is 2.32. The van der Waals surface area contributed by atoms with Crippen LogP contribution in [0.3, 0.4) is 0 Å². The highest BCUT2D eigenvalue weighted by atomic mass is 35.5. The van der Waals surface area contributed by atoms with Gasteiger partial charge in [0.05, 0.1) is 23.2 Å². The van der Waals surface area contributed by atoms with Crippen molar-refractivity contribution in [1.29, 1.82) is 0 Å². The van der Waals surface area contributed by atoms with Crippen molar-refractivity contribution in [1.82, 2.24) is 9.97 Å². The van der Waals surface area contributed by atoms with E-state index in [4.69, 9.17) is 11.6 Å². The van der Waals surface area contributed by atoms with Gasteiger partial charge in [-0.25, -0.2) is 4.98 Å². The van der Waals surface area contributed by atoms with Gasteiger partial charge in [0.25, 0.3) is 0 Å². The number of aromatic nitrogens is 2. The van der Waals surface area contributed by atoms with Crippen molar-refractivity contribution < 1.29 is 17.9 Å². The van der Waals surface area contributed by atoms with Crippen LogP contribution in [-0.2, 0) is 5.88 Å². The van der Waals surface area contributed by atoms with Crippen LogP contribution in [0.2, 0.25) is 0 Å². The van der Waals surface area contributed by atoms with Gasteiger partial charge in [-0.2, -0.15) is 0 Å². The lowest BCUT2D eigenvalue weighted by Crippen LogP contribution is -2.18. The summed E-state index contributed by atoms with van der Waals surface area (Å²) in [6.07, 6.45) is -3.34. The van der Waals surface area contributed by atoms with Crippen molar-refractivity contribution in [2.45, 2.75) is 12.2 Å². The molecule has 0 saturated carbocycles. The number of ether oxygens (including phenoxy) is 1. The predicted molar refractivity (Wildman–Crippen MR) is 52.3 cm³/mol. The van der Waals surface area contributed by atoms with Crippen molar-refractivity contribution in [2.24, 2.45) is 0 Å². The molecule has 0 atom stereocenters. The van der Waals surface area contributed by atoms with Gasteiger partial charge in [0, 0.05) is 5.56 Å². The molecule has 1 N–H and O–H groups in total. The number of nitrogens with one attached hydrogen (secondary N) is 1. The van der Waals surface area contributed by atoms with E-state index in [2.05, 4.69) is 14.7 Å². The van der Waals surface area contributed by atoms with Crippen LogP contribution in [-0.4, -0.2) is 16.3 Å². The summed E-state index contributed by atoms with van der Waals surface area (Å²) >= 11 is 5.60. The Labute approximate surface area is 93.2 Å². The van der Waals surface area contributed by atoms with Crippen LogP contribution in [0.25, 0.3) is 11.0 Å². The van der Waals surface area contributed by atoms with Crippen LogP contribution < -0.4 is 4.74 Å². The zero-order chi connectivity index (χ0) is 11.8. The molecule has 0 spiro atoms. The predicted octanol–water partition coefficient (Wildman–Crippen LogP) is 3.20. The number of nitrogens with zero attached hydrogens (tertiary/aromatic N) is 1. The van der Waals surface area contributed by atoms with Crippen LogP contribution in [0, 0.1) is 0 Å². The largest absolute Gasteiger partial charge is 0.573 e. The minimum absolute atomic E-state index is 0.104. The minimum Gasteiger partial charge on any atom is -0.405 e. The third kappa shape index (κ3) is 2.06. The summed E-state index contributed by atoms with van der Waals surface area (Å²) in [5.74, 6) is -0.421. The molecule has 0 saturated heterocycles. The fraction of sp³-hybridized carbons (Fsp3) is 0.222. The highest BCUT2D eigenvalue weighted by Crippen LogP contribution is 2.31. The van der Waals surface area contributed by atoms with Gasteiger partial charge in [-0.3, -0.25) is 0 Å². The van der Waals surface area contributed by atoms with E-state index in [0.29, 0.717) is 11.0 Å². The summed E-state index contributed by atoms with van der Waals surface area (Å²) in [7, 11) is 0. The number of aromatic amines is 1. The minimum atomic E-state index is -4.73. The van der Waals surface area contributed by atoms with Gasteiger partial charge < -0.3 is 9.72 Å². The lowest BCUT2D eigenvalue weighted by molar-refractivity contribution is -0.274. The topological polar surface area (TPSA) is 37.9 Å². The molecule has 2 rings (SSSR count). The summed E-state index contributed by atoms with van der Waals surface area (Å²) < 4.78 is 40.1. The molecule has 7 heteroatoms. The van der Waals surface area contributed by atoms with Gasteiger partial charge in [-0.05, 0) is 12.1 Å². The standard InChI is InChI=1S/C9H6ClF3N2O/c10-3-5-7(16-9(11,12)13)2-1-6-8(5)15-4-14-6/h1-2,4H,3H2,(H,14,15). The monoisotopic (exact) mass is 250 g/mol.